The van der Waals surface area contributed by atoms with E-state index in [1.54, 1.807) is 24.3 Å². The van der Waals surface area contributed by atoms with Crippen molar-refractivity contribution < 1.29 is 18.0 Å². The Morgan fingerprint density at radius 1 is 1.05 bits per heavy atom. The molecule has 6 nitrogen and oxygen atoms in total. The van der Waals surface area contributed by atoms with E-state index in [0.717, 1.165) is 27.7 Å². The van der Waals surface area contributed by atoms with E-state index in [-0.39, 0.29) is 12.5 Å². The Labute approximate surface area is 232 Å². The van der Waals surface area contributed by atoms with Crippen LogP contribution >= 0.6 is 23.5 Å². The zero-order valence-corrected chi connectivity index (χ0v) is 22.5. The van der Waals surface area contributed by atoms with Gasteiger partial charge in [0, 0.05) is 18.5 Å². The van der Waals surface area contributed by atoms with Crippen LogP contribution < -0.4 is 10.2 Å². The maximum Gasteiger partial charge on any atom is 0.416 e. The fourth-order valence-electron chi connectivity index (χ4n) is 4.22. The highest BCUT2D eigenvalue weighted by atomic mass is 32.2. The first-order chi connectivity index (χ1) is 18.7. The lowest BCUT2D eigenvalue weighted by Crippen LogP contribution is -2.29. The van der Waals surface area contributed by atoms with Crippen LogP contribution in [0.3, 0.4) is 0 Å². The molecule has 2 aliphatic rings. The minimum absolute atomic E-state index is 0.0961. The zero-order chi connectivity index (χ0) is 27.7. The summed E-state index contributed by atoms with van der Waals surface area (Å²) < 4.78 is 40.2. The Morgan fingerprint density at radius 3 is 2.56 bits per heavy atom. The summed E-state index contributed by atoms with van der Waals surface area (Å²) >= 11 is 2.64. The topological polar surface area (TPSA) is 71.7 Å². The predicted molar refractivity (Wildman–Crippen MR) is 150 cm³/mol. The van der Waals surface area contributed by atoms with E-state index in [9.17, 15) is 23.2 Å². The number of para-hydroxylation sites is 1. The van der Waals surface area contributed by atoms with Crippen LogP contribution in [0.4, 0.5) is 30.2 Å². The number of thioether (sulfide) groups is 2. The predicted octanol–water partition coefficient (Wildman–Crippen LogP) is 7.18. The summed E-state index contributed by atoms with van der Waals surface area (Å²) in [5.41, 5.74) is 2.04. The van der Waals surface area contributed by atoms with Crippen LogP contribution in [0.5, 0.6) is 0 Å². The molecule has 0 radical (unpaired) electrons. The van der Waals surface area contributed by atoms with Gasteiger partial charge in [0.2, 0.25) is 0 Å². The van der Waals surface area contributed by atoms with E-state index < -0.39 is 11.7 Å². The fraction of sp³-hybridized carbons (Fsp3) is 0.179. The van der Waals surface area contributed by atoms with Gasteiger partial charge < -0.3 is 10.2 Å². The number of amides is 1. The molecule has 0 unspecified atom stereocenters. The molecule has 0 aromatic heterocycles. The standard InChI is InChI=1S/C28H22F3N5OS2/c1-3-33-20-12-11-17(15-32)14-21(20)34-27-36(16-18-7-6-8-19(13-18)28(29,30)31)25(37)24(39-27)26-35(2)22-9-4-5-10-23(22)38-26/h4-14,33H,3,16H2,1-2H3/b26-24-,34-27?. The van der Waals surface area contributed by atoms with E-state index in [2.05, 4.69) is 11.4 Å². The molecule has 0 spiro atoms. The molecular formula is C28H22F3N5OS2. The SMILES string of the molecule is CCNc1ccc(C#N)cc1N=C1S/C(=C2\Sc3ccccc3N2C)C(=O)N1Cc1cccc(C(F)(F)F)c1. The first kappa shape index (κ1) is 26.7. The van der Waals surface area contributed by atoms with Gasteiger partial charge in [0.05, 0.1) is 45.8 Å². The molecule has 3 aromatic rings. The van der Waals surface area contributed by atoms with Gasteiger partial charge in [-0.1, -0.05) is 36.0 Å². The number of nitriles is 1. The van der Waals surface area contributed by atoms with Gasteiger partial charge in [-0.3, -0.25) is 9.69 Å². The smallest absolute Gasteiger partial charge is 0.384 e. The van der Waals surface area contributed by atoms with Crippen LogP contribution in [0.2, 0.25) is 0 Å². The van der Waals surface area contributed by atoms with Gasteiger partial charge in [0.1, 0.15) is 4.91 Å². The van der Waals surface area contributed by atoms with Crippen molar-refractivity contribution in [1.82, 2.24) is 4.90 Å². The van der Waals surface area contributed by atoms with Crippen LogP contribution in [0, 0.1) is 11.3 Å². The fourth-order valence-corrected chi connectivity index (χ4v) is 6.56. The number of aliphatic imine (C=N–C) groups is 1. The summed E-state index contributed by atoms with van der Waals surface area (Å²) in [4.78, 5) is 23.4. The number of rotatable bonds is 5. The van der Waals surface area contributed by atoms with Gasteiger partial charge in [0.25, 0.3) is 5.91 Å². The first-order valence-electron chi connectivity index (χ1n) is 12.0. The monoisotopic (exact) mass is 565 g/mol. The van der Waals surface area contributed by atoms with E-state index in [4.69, 9.17) is 4.99 Å². The number of fused-ring (bicyclic) bond motifs is 1. The van der Waals surface area contributed by atoms with Gasteiger partial charge in [-0.05, 0) is 66.7 Å². The molecule has 1 saturated heterocycles. The number of halogens is 3. The van der Waals surface area contributed by atoms with Crippen LogP contribution in [0.1, 0.15) is 23.6 Å². The summed E-state index contributed by atoms with van der Waals surface area (Å²) in [5, 5.41) is 13.7. The third kappa shape index (κ3) is 5.35. The zero-order valence-electron chi connectivity index (χ0n) is 20.9. The van der Waals surface area contributed by atoms with E-state index in [1.165, 1.54) is 34.5 Å². The first-order valence-corrected chi connectivity index (χ1v) is 13.6. The van der Waals surface area contributed by atoms with Crippen LogP contribution in [-0.2, 0) is 17.5 Å². The molecule has 5 rings (SSSR count). The van der Waals surface area contributed by atoms with E-state index in [0.29, 0.717) is 39.1 Å². The number of benzene rings is 3. The quantitative estimate of drug-likeness (QED) is 0.331. The molecule has 1 amide bonds. The van der Waals surface area contributed by atoms with Crippen molar-refractivity contribution in [2.24, 2.45) is 4.99 Å². The van der Waals surface area contributed by atoms with Gasteiger partial charge in [-0.25, -0.2) is 4.99 Å². The minimum Gasteiger partial charge on any atom is -0.384 e. The van der Waals surface area contributed by atoms with Crippen molar-refractivity contribution in [1.29, 1.82) is 5.26 Å². The number of alkyl halides is 3. The Balaban J connectivity index is 1.60. The lowest BCUT2D eigenvalue weighted by molar-refractivity contribution is -0.137. The summed E-state index contributed by atoms with van der Waals surface area (Å²) in [5.74, 6) is -0.347. The second kappa shape index (κ2) is 10.7. The van der Waals surface area contributed by atoms with Crippen molar-refractivity contribution in [2.75, 3.05) is 23.8 Å². The molecule has 0 saturated carbocycles. The summed E-state index contributed by atoms with van der Waals surface area (Å²) in [6.07, 6.45) is -4.50. The number of hydrogen-bond donors (Lipinski definition) is 1. The molecule has 3 aromatic carbocycles. The number of carbonyl (C=O) groups is 1. The average molecular weight is 566 g/mol. The number of amidine groups is 1. The van der Waals surface area contributed by atoms with Gasteiger partial charge in [-0.2, -0.15) is 18.4 Å². The minimum atomic E-state index is -4.50. The lowest BCUT2D eigenvalue weighted by Gasteiger charge is -2.18. The Hall–Kier alpha value is -3.88. The average Bonchev–Trinajstić information content (AvgIpc) is 3.41. The second-order valence-electron chi connectivity index (χ2n) is 8.72. The third-order valence-corrected chi connectivity index (χ3v) is 8.53. The normalized spacial score (nSPS) is 18.1. The molecule has 0 aliphatic carbocycles. The maximum absolute atomic E-state index is 13.8. The Morgan fingerprint density at radius 2 is 1.85 bits per heavy atom. The highest BCUT2D eigenvalue weighted by Gasteiger charge is 2.39. The summed E-state index contributed by atoms with van der Waals surface area (Å²) in [6, 6.07) is 19.9. The van der Waals surface area contributed by atoms with Crippen molar-refractivity contribution >= 4 is 51.7 Å². The highest BCUT2D eigenvalue weighted by molar-refractivity contribution is 8.19. The third-order valence-electron chi connectivity index (χ3n) is 6.10. The van der Waals surface area contributed by atoms with Crippen molar-refractivity contribution in [3.05, 3.63) is 93.4 Å². The summed E-state index contributed by atoms with van der Waals surface area (Å²) in [7, 11) is 1.88. The molecular weight excluding hydrogens is 543 g/mol. The molecule has 2 aliphatic heterocycles. The van der Waals surface area contributed by atoms with Crippen molar-refractivity contribution in [3.8, 4) is 6.07 Å². The molecule has 1 fully saturated rings. The highest BCUT2D eigenvalue weighted by Crippen LogP contribution is 2.50. The van der Waals surface area contributed by atoms with Crippen LogP contribution in [0.25, 0.3) is 0 Å². The Bertz CT molecular complexity index is 1560. The van der Waals surface area contributed by atoms with E-state index in [1.807, 2.05) is 43.1 Å². The van der Waals surface area contributed by atoms with Gasteiger partial charge in [-0.15, -0.1) is 0 Å². The summed E-state index contributed by atoms with van der Waals surface area (Å²) in [6.45, 7) is 2.44. The number of nitrogens with one attached hydrogen (secondary N) is 1. The molecule has 1 N–H and O–H groups in total. The molecule has 39 heavy (non-hydrogen) atoms. The molecule has 0 atom stereocenters. The molecule has 198 valence electrons. The lowest BCUT2D eigenvalue weighted by atomic mass is 10.1. The number of nitrogens with zero attached hydrogens (tertiary/aromatic N) is 4. The Kier molecular flexibility index (Phi) is 7.34. The molecule has 2 heterocycles. The number of carbonyl (C=O) groups excluding carboxylic acids is 1. The molecule has 0 bridgehead atoms. The van der Waals surface area contributed by atoms with Crippen LogP contribution in [-0.4, -0.2) is 29.6 Å². The van der Waals surface area contributed by atoms with Crippen LogP contribution in [0.15, 0.2) is 86.6 Å². The molecule has 11 heteroatoms. The maximum atomic E-state index is 13.8. The van der Waals surface area contributed by atoms with E-state index >= 15 is 0 Å². The number of hydrogen-bond acceptors (Lipinski definition) is 7. The largest absolute Gasteiger partial charge is 0.416 e. The van der Waals surface area contributed by atoms with Crippen molar-refractivity contribution in [3.63, 3.8) is 0 Å². The van der Waals surface area contributed by atoms with Crippen molar-refractivity contribution in [2.45, 2.75) is 24.5 Å². The van der Waals surface area contributed by atoms with Gasteiger partial charge >= 0.3 is 6.18 Å². The second-order valence-corrected chi connectivity index (χ2v) is 10.7. The van der Waals surface area contributed by atoms with Gasteiger partial charge in [0.15, 0.2) is 5.17 Å². The number of anilines is 2.